The van der Waals surface area contributed by atoms with E-state index in [4.69, 9.17) is 5.73 Å². The molecule has 0 amide bonds. The molecule has 2 rings (SSSR count). The molecule has 0 spiro atoms. The first-order chi connectivity index (χ1) is 7.65. The molecule has 1 aromatic carbocycles. The molecule has 4 heteroatoms. The Morgan fingerprint density at radius 1 is 1.25 bits per heavy atom. The summed E-state index contributed by atoms with van der Waals surface area (Å²) in [5, 5.41) is 0. The highest BCUT2D eigenvalue weighted by molar-refractivity contribution is 9.10. The van der Waals surface area contributed by atoms with Crippen LogP contribution >= 0.6 is 15.9 Å². The Balaban J connectivity index is 2.30. The third-order valence-corrected chi connectivity index (χ3v) is 2.74. The van der Waals surface area contributed by atoms with Crippen LogP contribution in [0.3, 0.4) is 0 Å². The van der Waals surface area contributed by atoms with Gasteiger partial charge in [0, 0.05) is 17.1 Å². The number of benzene rings is 1. The molecule has 0 aliphatic carbocycles. The number of hydrogen-bond donors (Lipinski definition) is 1. The van der Waals surface area contributed by atoms with E-state index in [0.29, 0.717) is 17.8 Å². The van der Waals surface area contributed by atoms with Gasteiger partial charge in [0.15, 0.2) is 0 Å². The van der Waals surface area contributed by atoms with Crippen LogP contribution in [-0.4, -0.2) is 4.98 Å². The first kappa shape index (κ1) is 11.1. The molecule has 0 aliphatic heterocycles. The summed E-state index contributed by atoms with van der Waals surface area (Å²) in [5.41, 5.74) is 7.15. The molecule has 2 nitrogen and oxygen atoms in total. The number of nitrogens with two attached hydrogens (primary N) is 1. The monoisotopic (exact) mass is 280 g/mol. The maximum absolute atomic E-state index is 13.5. The number of anilines is 1. The van der Waals surface area contributed by atoms with Crippen LogP contribution in [0.5, 0.6) is 0 Å². The van der Waals surface area contributed by atoms with E-state index < -0.39 is 0 Å². The van der Waals surface area contributed by atoms with E-state index in [1.165, 1.54) is 6.07 Å². The van der Waals surface area contributed by atoms with E-state index in [1.54, 1.807) is 24.4 Å². The topological polar surface area (TPSA) is 38.9 Å². The van der Waals surface area contributed by atoms with Crippen LogP contribution in [0.2, 0.25) is 0 Å². The lowest BCUT2D eigenvalue weighted by atomic mass is 10.1. The summed E-state index contributed by atoms with van der Waals surface area (Å²) >= 11 is 3.32. The molecule has 0 saturated heterocycles. The van der Waals surface area contributed by atoms with Crippen LogP contribution < -0.4 is 5.73 Å². The van der Waals surface area contributed by atoms with Gasteiger partial charge in [0.05, 0.1) is 0 Å². The third kappa shape index (κ3) is 2.58. The quantitative estimate of drug-likeness (QED) is 0.918. The number of rotatable bonds is 2. The van der Waals surface area contributed by atoms with Gasteiger partial charge in [0.1, 0.15) is 11.6 Å². The predicted octanol–water partition coefficient (Wildman–Crippen LogP) is 3.16. The fourth-order valence-electron chi connectivity index (χ4n) is 1.50. The van der Waals surface area contributed by atoms with Crippen molar-refractivity contribution >= 4 is 21.7 Å². The van der Waals surface area contributed by atoms with Crippen LogP contribution in [0.25, 0.3) is 0 Å². The zero-order valence-corrected chi connectivity index (χ0v) is 10.0. The SMILES string of the molecule is Nc1cc(Cc2cc(Br)ccc2F)ccn1. The zero-order chi connectivity index (χ0) is 11.5. The molecule has 0 radical (unpaired) electrons. The first-order valence-electron chi connectivity index (χ1n) is 4.79. The Morgan fingerprint density at radius 3 is 2.81 bits per heavy atom. The van der Waals surface area contributed by atoms with E-state index in [1.807, 2.05) is 6.07 Å². The van der Waals surface area contributed by atoms with Gasteiger partial charge in [-0.15, -0.1) is 0 Å². The number of halogens is 2. The highest BCUT2D eigenvalue weighted by Crippen LogP contribution is 2.19. The van der Waals surface area contributed by atoms with Crippen LogP contribution in [0.4, 0.5) is 10.2 Å². The maximum atomic E-state index is 13.5. The summed E-state index contributed by atoms with van der Waals surface area (Å²) in [6, 6.07) is 8.48. The number of pyridine rings is 1. The molecule has 0 unspecified atom stereocenters. The van der Waals surface area contributed by atoms with Gasteiger partial charge in [-0.25, -0.2) is 9.37 Å². The van der Waals surface area contributed by atoms with Crippen LogP contribution in [0.1, 0.15) is 11.1 Å². The van der Waals surface area contributed by atoms with E-state index in [9.17, 15) is 4.39 Å². The summed E-state index contributed by atoms with van der Waals surface area (Å²) < 4.78 is 14.4. The lowest BCUT2D eigenvalue weighted by Crippen LogP contribution is -1.95. The van der Waals surface area contributed by atoms with E-state index >= 15 is 0 Å². The number of aromatic nitrogens is 1. The van der Waals surface area contributed by atoms with Gasteiger partial charge >= 0.3 is 0 Å². The fraction of sp³-hybridized carbons (Fsp3) is 0.0833. The van der Waals surface area contributed by atoms with Crippen molar-refractivity contribution in [2.45, 2.75) is 6.42 Å². The Kier molecular flexibility index (Phi) is 3.19. The van der Waals surface area contributed by atoms with Crippen molar-refractivity contribution in [3.8, 4) is 0 Å². The van der Waals surface area contributed by atoms with Crippen molar-refractivity contribution < 1.29 is 4.39 Å². The molecule has 16 heavy (non-hydrogen) atoms. The maximum Gasteiger partial charge on any atom is 0.126 e. The molecule has 0 saturated carbocycles. The molecule has 0 fully saturated rings. The average Bonchev–Trinajstić information content (AvgIpc) is 2.24. The average molecular weight is 281 g/mol. The first-order valence-corrected chi connectivity index (χ1v) is 5.59. The highest BCUT2D eigenvalue weighted by atomic mass is 79.9. The van der Waals surface area contributed by atoms with Gasteiger partial charge in [0.2, 0.25) is 0 Å². The molecule has 0 atom stereocenters. The van der Waals surface area contributed by atoms with Crippen molar-refractivity contribution in [3.63, 3.8) is 0 Å². The number of nitrogen functional groups attached to an aromatic ring is 1. The second-order valence-corrected chi connectivity index (χ2v) is 4.42. The largest absolute Gasteiger partial charge is 0.384 e. The zero-order valence-electron chi connectivity index (χ0n) is 8.45. The molecule has 2 N–H and O–H groups in total. The predicted molar refractivity (Wildman–Crippen MR) is 65.6 cm³/mol. The van der Waals surface area contributed by atoms with Crippen LogP contribution in [-0.2, 0) is 6.42 Å². The second-order valence-electron chi connectivity index (χ2n) is 3.50. The lowest BCUT2D eigenvalue weighted by molar-refractivity contribution is 0.613. The standard InChI is InChI=1S/C12H10BrFN2/c13-10-1-2-11(14)9(7-10)5-8-3-4-16-12(15)6-8/h1-4,6-7H,5H2,(H2,15,16). The summed E-state index contributed by atoms with van der Waals surface area (Å²) in [6.07, 6.45) is 2.14. The molecule has 2 aromatic rings. The number of nitrogens with zero attached hydrogens (tertiary/aromatic N) is 1. The van der Waals surface area contributed by atoms with Crippen molar-refractivity contribution in [3.05, 3.63) is 57.9 Å². The second kappa shape index (κ2) is 4.61. The highest BCUT2D eigenvalue weighted by Gasteiger charge is 2.04. The van der Waals surface area contributed by atoms with Crippen molar-refractivity contribution in [2.24, 2.45) is 0 Å². The minimum Gasteiger partial charge on any atom is -0.384 e. The summed E-state index contributed by atoms with van der Waals surface area (Å²) in [5.74, 6) is 0.242. The molecular formula is C12H10BrFN2. The van der Waals surface area contributed by atoms with Crippen molar-refractivity contribution in [2.75, 3.05) is 5.73 Å². The molecular weight excluding hydrogens is 271 g/mol. The minimum absolute atomic E-state index is 0.210. The summed E-state index contributed by atoms with van der Waals surface area (Å²) in [4.78, 5) is 3.90. The molecule has 1 aromatic heterocycles. The fourth-order valence-corrected chi connectivity index (χ4v) is 1.91. The Hall–Kier alpha value is -1.42. The Labute approximate surface area is 101 Å². The lowest BCUT2D eigenvalue weighted by Gasteiger charge is -2.04. The van der Waals surface area contributed by atoms with Crippen molar-refractivity contribution in [1.82, 2.24) is 4.98 Å². The van der Waals surface area contributed by atoms with Crippen LogP contribution in [0.15, 0.2) is 41.0 Å². The summed E-state index contributed by atoms with van der Waals surface area (Å²) in [6.45, 7) is 0. The van der Waals surface area contributed by atoms with Crippen LogP contribution in [0, 0.1) is 5.82 Å². The molecule has 82 valence electrons. The van der Waals surface area contributed by atoms with Gasteiger partial charge in [-0.2, -0.15) is 0 Å². The van der Waals surface area contributed by atoms with Gasteiger partial charge in [-0.1, -0.05) is 15.9 Å². The van der Waals surface area contributed by atoms with Gasteiger partial charge in [0.25, 0.3) is 0 Å². The van der Waals surface area contributed by atoms with E-state index in [0.717, 1.165) is 10.0 Å². The number of hydrogen-bond acceptors (Lipinski definition) is 2. The Morgan fingerprint density at radius 2 is 2.06 bits per heavy atom. The van der Waals surface area contributed by atoms with E-state index in [-0.39, 0.29) is 5.82 Å². The van der Waals surface area contributed by atoms with Crippen molar-refractivity contribution in [1.29, 1.82) is 0 Å². The van der Waals surface area contributed by atoms with Gasteiger partial charge in [-0.3, -0.25) is 0 Å². The normalized spacial score (nSPS) is 10.4. The Bertz CT molecular complexity index is 514. The smallest absolute Gasteiger partial charge is 0.126 e. The van der Waals surface area contributed by atoms with Gasteiger partial charge in [-0.05, 0) is 41.5 Å². The molecule has 1 heterocycles. The minimum atomic E-state index is -0.210. The van der Waals surface area contributed by atoms with E-state index in [2.05, 4.69) is 20.9 Å². The molecule has 0 bridgehead atoms. The third-order valence-electron chi connectivity index (χ3n) is 2.25. The summed E-state index contributed by atoms with van der Waals surface area (Å²) in [7, 11) is 0. The molecule has 0 aliphatic rings. The van der Waals surface area contributed by atoms with Gasteiger partial charge < -0.3 is 5.73 Å².